The van der Waals surface area contributed by atoms with Gasteiger partial charge < -0.3 is 4.90 Å². The first-order valence-electron chi connectivity index (χ1n) is 4.05. The Bertz CT molecular complexity index is 80.6. The first-order valence-corrected chi connectivity index (χ1v) is 4.05. The van der Waals surface area contributed by atoms with Crippen LogP contribution in [0, 0.1) is 0 Å². The van der Waals surface area contributed by atoms with Crippen molar-refractivity contribution in [2.24, 2.45) is 0 Å². The van der Waals surface area contributed by atoms with Gasteiger partial charge in [0.25, 0.3) is 0 Å². The van der Waals surface area contributed by atoms with Crippen molar-refractivity contribution in [1.82, 2.24) is 4.90 Å². The van der Waals surface area contributed by atoms with Crippen molar-refractivity contribution < 1.29 is 0 Å². The highest BCUT2D eigenvalue weighted by Crippen LogP contribution is 2.19. The van der Waals surface area contributed by atoms with E-state index in [9.17, 15) is 0 Å². The summed E-state index contributed by atoms with van der Waals surface area (Å²) >= 11 is 0. The quantitative estimate of drug-likeness (QED) is 0.559. The van der Waals surface area contributed by atoms with Crippen molar-refractivity contribution in [3.05, 3.63) is 0 Å². The SMILES string of the molecule is CCCCC1CCN1C. The molecule has 1 unspecified atom stereocenters. The lowest BCUT2D eigenvalue weighted by Crippen LogP contribution is -2.44. The van der Waals surface area contributed by atoms with E-state index in [2.05, 4.69) is 18.9 Å². The zero-order chi connectivity index (χ0) is 6.69. The molecule has 1 heteroatoms. The maximum absolute atomic E-state index is 2.45. The third-order valence-electron chi connectivity index (χ3n) is 2.33. The van der Waals surface area contributed by atoms with Gasteiger partial charge in [-0.05, 0) is 26.4 Å². The summed E-state index contributed by atoms with van der Waals surface area (Å²) < 4.78 is 0. The van der Waals surface area contributed by atoms with Gasteiger partial charge in [-0.3, -0.25) is 0 Å². The van der Waals surface area contributed by atoms with E-state index >= 15 is 0 Å². The highest BCUT2D eigenvalue weighted by atomic mass is 15.2. The summed E-state index contributed by atoms with van der Waals surface area (Å²) in [5, 5.41) is 0. The Morgan fingerprint density at radius 2 is 2.33 bits per heavy atom. The molecular formula is C8H17N. The van der Waals surface area contributed by atoms with Crippen LogP contribution in [0.15, 0.2) is 0 Å². The van der Waals surface area contributed by atoms with Crippen LogP contribution in [0.1, 0.15) is 32.6 Å². The molecule has 0 spiro atoms. The molecule has 0 aromatic heterocycles. The minimum atomic E-state index is 0.935. The maximum Gasteiger partial charge on any atom is 0.0104 e. The van der Waals surface area contributed by atoms with Crippen LogP contribution < -0.4 is 0 Å². The van der Waals surface area contributed by atoms with Gasteiger partial charge in [0.1, 0.15) is 0 Å². The van der Waals surface area contributed by atoms with Gasteiger partial charge in [-0.15, -0.1) is 0 Å². The van der Waals surface area contributed by atoms with Crippen LogP contribution in [0.5, 0.6) is 0 Å². The zero-order valence-electron chi connectivity index (χ0n) is 6.56. The van der Waals surface area contributed by atoms with Crippen LogP contribution in [0.4, 0.5) is 0 Å². The van der Waals surface area contributed by atoms with Gasteiger partial charge in [-0.25, -0.2) is 0 Å². The topological polar surface area (TPSA) is 3.24 Å². The molecule has 1 rings (SSSR count). The van der Waals surface area contributed by atoms with E-state index in [0.29, 0.717) is 0 Å². The number of rotatable bonds is 3. The van der Waals surface area contributed by atoms with Crippen molar-refractivity contribution in [3.63, 3.8) is 0 Å². The van der Waals surface area contributed by atoms with E-state index in [1.807, 2.05) is 0 Å². The molecule has 1 aliphatic rings. The molecule has 0 aliphatic carbocycles. The van der Waals surface area contributed by atoms with Crippen LogP contribution in [-0.2, 0) is 0 Å². The lowest BCUT2D eigenvalue weighted by Gasteiger charge is -2.37. The van der Waals surface area contributed by atoms with E-state index in [-0.39, 0.29) is 0 Å². The van der Waals surface area contributed by atoms with Crippen molar-refractivity contribution in [2.75, 3.05) is 13.6 Å². The fourth-order valence-corrected chi connectivity index (χ4v) is 1.37. The van der Waals surface area contributed by atoms with Gasteiger partial charge in [-0.2, -0.15) is 0 Å². The highest BCUT2D eigenvalue weighted by molar-refractivity contribution is 4.78. The van der Waals surface area contributed by atoms with Crippen molar-refractivity contribution >= 4 is 0 Å². The highest BCUT2D eigenvalue weighted by Gasteiger charge is 2.22. The summed E-state index contributed by atoms with van der Waals surface area (Å²) in [7, 11) is 2.23. The third-order valence-corrected chi connectivity index (χ3v) is 2.33. The summed E-state index contributed by atoms with van der Waals surface area (Å²) in [6.07, 6.45) is 5.63. The number of hydrogen-bond donors (Lipinski definition) is 0. The second-order valence-electron chi connectivity index (χ2n) is 3.07. The normalized spacial score (nSPS) is 28.0. The molecule has 0 aromatic carbocycles. The van der Waals surface area contributed by atoms with E-state index in [4.69, 9.17) is 0 Å². The monoisotopic (exact) mass is 127 g/mol. The average Bonchev–Trinajstić information content (AvgIpc) is 1.86. The van der Waals surface area contributed by atoms with Gasteiger partial charge in [0, 0.05) is 6.04 Å². The molecule has 0 aromatic rings. The van der Waals surface area contributed by atoms with Crippen LogP contribution >= 0.6 is 0 Å². The summed E-state index contributed by atoms with van der Waals surface area (Å²) in [5.41, 5.74) is 0. The Hall–Kier alpha value is -0.0400. The van der Waals surface area contributed by atoms with E-state index < -0.39 is 0 Å². The summed E-state index contributed by atoms with van der Waals surface area (Å²) in [6.45, 7) is 3.59. The minimum absolute atomic E-state index is 0.935. The molecule has 0 bridgehead atoms. The molecule has 1 aliphatic heterocycles. The van der Waals surface area contributed by atoms with E-state index in [0.717, 1.165) is 6.04 Å². The largest absolute Gasteiger partial charge is 0.303 e. The van der Waals surface area contributed by atoms with Crippen LogP contribution in [0.3, 0.4) is 0 Å². The van der Waals surface area contributed by atoms with Gasteiger partial charge in [-0.1, -0.05) is 19.8 Å². The fourth-order valence-electron chi connectivity index (χ4n) is 1.37. The fraction of sp³-hybridized carbons (Fsp3) is 1.00. The second kappa shape index (κ2) is 3.21. The molecular weight excluding hydrogens is 110 g/mol. The number of unbranched alkanes of at least 4 members (excludes halogenated alkanes) is 1. The molecule has 1 heterocycles. The first kappa shape index (κ1) is 7.07. The zero-order valence-corrected chi connectivity index (χ0v) is 6.56. The molecule has 1 fully saturated rings. The Morgan fingerprint density at radius 3 is 2.67 bits per heavy atom. The summed E-state index contributed by atoms with van der Waals surface area (Å²) in [4.78, 5) is 2.45. The number of hydrogen-bond acceptors (Lipinski definition) is 1. The second-order valence-corrected chi connectivity index (χ2v) is 3.07. The molecule has 9 heavy (non-hydrogen) atoms. The number of nitrogens with zero attached hydrogens (tertiary/aromatic N) is 1. The predicted molar refractivity (Wildman–Crippen MR) is 40.6 cm³/mol. The predicted octanol–water partition coefficient (Wildman–Crippen LogP) is 1.88. The Morgan fingerprint density at radius 1 is 1.56 bits per heavy atom. The summed E-state index contributed by atoms with van der Waals surface area (Å²) in [5.74, 6) is 0. The Kier molecular flexibility index (Phi) is 2.52. The molecule has 0 saturated carbocycles. The smallest absolute Gasteiger partial charge is 0.0104 e. The molecule has 1 nitrogen and oxygen atoms in total. The maximum atomic E-state index is 2.45. The lowest BCUT2D eigenvalue weighted by molar-refractivity contribution is 0.116. The standard InChI is InChI=1S/C8H17N/c1-3-4-5-8-6-7-9(8)2/h8H,3-7H2,1-2H3. The Balaban J connectivity index is 1.99. The molecule has 0 N–H and O–H groups in total. The molecule has 1 saturated heterocycles. The van der Waals surface area contributed by atoms with E-state index in [1.54, 1.807) is 0 Å². The molecule has 0 radical (unpaired) electrons. The third kappa shape index (κ3) is 1.68. The van der Waals surface area contributed by atoms with Crippen LogP contribution in [-0.4, -0.2) is 24.5 Å². The van der Waals surface area contributed by atoms with Crippen molar-refractivity contribution in [1.29, 1.82) is 0 Å². The van der Waals surface area contributed by atoms with Gasteiger partial charge >= 0.3 is 0 Å². The molecule has 0 amide bonds. The first-order chi connectivity index (χ1) is 4.34. The summed E-state index contributed by atoms with van der Waals surface area (Å²) in [6, 6.07) is 0.935. The van der Waals surface area contributed by atoms with Crippen molar-refractivity contribution in [2.45, 2.75) is 38.6 Å². The van der Waals surface area contributed by atoms with Crippen molar-refractivity contribution in [3.8, 4) is 0 Å². The van der Waals surface area contributed by atoms with Crippen LogP contribution in [0.2, 0.25) is 0 Å². The van der Waals surface area contributed by atoms with E-state index in [1.165, 1.54) is 32.2 Å². The minimum Gasteiger partial charge on any atom is -0.303 e. The van der Waals surface area contributed by atoms with Crippen LogP contribution in [0.25, 0.3) is 0 Å². The number of likely N-dealkylation sites (tertiary alicyclic amines) is 1. The van der Waals surface area contributed by atoms with Gasteiger partial charge in [0.15, 0.2) is 0 Å². The lowest BCUT2D eigenvalue weighted by atomic mass is 9.98. The average molecular weight is 127 g/mol. The molecule has 1 atom stereocenters. The Labute approximate surface area is 58.0 Å². The van der Waals surface area contributed by atoms with Gasteiger partial charge in [0.2, 0.25) is 0 Å². The van der Waals surface area contributed by atoms with Gasteiger partial charge in [0.05, 0.1) is 0 Å². The molecule has 54 valence electrons.